The Labute approximate surface area is 103 Å². The van der Waals surface area contributed by atoms with Gasteiger partial charge >= 0.3 is 6.01 Å². The molecule has 96 valence electrons. The first kappa shape index (κ1) is 13.7. The minimum Gasteiger partial charge on any atom is -0.478 e. The van der Waals surface area contributed by atoms with Crippen LogP contribution in [0.15, 0.2) is 6.07 Å². The first-order valence-electron chi connectivity index (χ1n) is 5.96. The van der Waals surface area contributed by atoms with Gasteiger partial charge in [-0.3, -0.25) is 0 Å². The van der Waals surface area contributed by atoms with Crippen LogP contribution in [0.4, 0.5) is 0 Å². The molecule has 1 aromatic rings. The Morgan fingerprint density at radius 1 is 1.29 bits per heavy atom. The zero-order chi connectivity index (χ0) is 12.7. The van der Waals surface area contributed by atoms with Gasteiger partial charge in [0.2, 0.25) is 5.88 Å². The van der Waals surface area contributed by atoms with E-state index in [-0.39, 0.29) is 0 Å². The van der Waals surface area contributed by atoms with Crippen molar-refractivity contribution in [3.05, 3.63) is 11.8 Å². The van der Waals surface area contributed by atoms with Crippen molar-refractivity contribution in [1.29, 1.82) is 0 Å². The second-order valence-electron chi connectivity index (χ2n) is 4.02. The standard InChI is InChI=1S/C12H21N3O2/c1-5-16-11-8-10(4)14-12(15-11)17-7-6-13-9(2)3/h8-9,13H,5-7H2,1-4H3. The fourth-order valence-electron chi connectivity index (χ4n) is 1.29. The van der Waals surface area contributed by atoms with Crippen molar-refractivity contribution >= 4 is 0 Å². The Morgan fingerprint density at radius 3 is 2.71 bits per heavy atom. The SMILES string of the molecule is CCOc1cc(C)nc(OCCNC(C)C)n1. The van der Waals surface area contributed by atoms with Crippen molar-refractivity contribution in [2.24, 2.45) is 0 Å². The van der Waals surface area contributed by atoms with Crippen LogP contribution in [-0.4, -0.2) is 35.8 Å². The summed E-state index contributed by atoms with van der Waals surface area (Å²) in [5, 5.41) is 3.26. The third-order valence-corrected chi connectivity index (χ3v) is 1.99. The topological polar surface area (TPSA) is 56.3 Å². The van der Waals surface area contributed by atoms with Crippen LogP contribution in [0, 0.1) is 6.92 Å². The molecule has 0 radical (unpaired) electrons. The number of nitrogens with one attached hydrogen (secondary N) is 1. The normalized spacial score (nSPS) is 10.6. The first-order valence-corrected chi connectivity index (χ1v) is 5.96. The van der Waals surface area contributed by atoms with Gasteiger partial charge in [0.1, 0.15) is 6.61 Å². The quantitative estimate of drug-likeness (QED) is 0.732. The van der Waals surface area contributed by atoms with Crippen LogP contribution in [0.3, 0.4) is 0 Å². The maximum Gasteiger partial charge on any atom is 0.319 e. The third-order valence-electron chi connectivity index (χ3n) is 1.99. The van der Waals surface area contributed by atoms with E-state index in [0.29, 0.717) is 31.1 Å². The minimum absolute atomic E-state index is 0.374. The lowest BCUT2D eigenvalue weighted by atomic mass is 10.4. The Kier molecular flexibility index (Phi) is 5.69. The zero-order valence-electron chi connectivity index (χ0n) is 11.0. The van der Waals surface area contributed by atoms with Crippen LogP contribution in [0.5, 0.6) is 11.9 Å². The number of aryl methyl sites for hydroxylation is 1. The average Bonchev–Trinajstić information content (AvgIpc) is 2.24. The van der Waals surface area contributed by atoms with E-state index < -0.39 is 0 Å². The number of ether oxygens (including phenoxy) is 2. The van der Waals surface area contributed by atoms with Gasteiger partial charge in [0.25, 0.3) is 0 Å². The molecule has 0 saturated carbocycles. The predicted octanol–water partition coefficient (Wildman–Crippen LogP) is 1.56. The average molecular weight is 239 g/mol. The first-order chi connectivity index (χ1) is 8.11. The monoisotopic (exact) mass is 239 g/mol. The van der Waals surface area contributed by atoms with Crippen LogP contribution < -0.4 is 14.8 Å². The molecule has 0 spiro atoms. The van der Waals surface area contributed by atoms with E-state index in [1.54, 1.807) is 6.07 Å². The molecule has 5 heteroatoms. The smallest absolute Gasteiger partial charge is 0.319 e. The molecule has 1 rings (SSSR count). The van der Waals surface area contributed by atoms with E-state index in [4.69, 9.17) is 9.47 Å². The third kappa shape index (κ3) is 5.49. The van der Waals surface area contributed by atoms with Crippen LogP contribution in [0.2, 0.25) is 0 Å². The Hall–Kier alpha value is -1.36. The summed E-state index contributed by atoms with van der Waals surface area (Å²) in [5.41, 5.74) is 0.843. The van der Waals surface area contributed by atoms with Crippen LogP contribution >= 0.6 is 0 Å². The summed E-state index contributed by atoms with van der Waals surface area (Å²) >= 11 is 0. The lowest BCUT2D eigenvalue weighted by Gasteiger charge is -2.10. The van der Waals surface area contributed by atoms with Crippen molar-refractivity contribution in [1.82, 2.24) is 15.3 Å². The highest BCUT2D eigenvalue weighted by atomic mass is 16.5. The van der Waals surface area contributed by atoms with Gasteiger partial charge in [0.05, 0.1) is 6.61 Å². The van der Waals surface area contributed by atoms with Crippen molar-refractivity contribution in [2.75, 3.05) is 19.8 Å². The fraction of sp³-hybridized carbons (Fsp3) is 0.667. The second-order valence-corrected chi connectivity index (χ2v) is 4.02. The summed E-state index contributed by atoms with van der Waals surface area (Å²) in [6, 6.07) is 2.62. The summed E-state index contributed by atoms with van der Waals surface area (Å²) in [7, 11) is 0. The molecule has 17 heavy (non-hydrogen) atoms. The number of rotatable bonds is 7. The molecule has 0 aliphatic carbocycles. The van der Waals surface area contributed by atoms with Crippen molar-refractivity contribution < 1.29 is 9.47 Å². The van der Waals surface area contributed by atoms with E-state index in [9.17, 15) is 0 Å². The van der Waals surface area contributed by atoms with E-state index >= 15 is 0 Å². The van der Waals surface area contributed by atoms with Crippen molar-refractivity contribution in [3.8, 4) is 11.9 Å². The van der Waals surface area contributed by atoms with Gasteiger partial charge in [0, 0.05) is 24.3 Å². The minimum atomic E-state index is 0.374. The van der Waals surface area contributed by atoms with Gasteiger partial charge in [0.15, 0.2) is 0 Å². The zero-order valence-corrected chi connectivity index (χ0v) is 11.0. The summed E-state index contributed by atoms with van der Waals surface area (Å²) in [6.45, 7) is 9.91. The van der Waals surface area contributed by atoms with Gasteiger partial charge in [-0.1, -0.05) is 13.8 Å². The highest BCUT2D eigenvalue weighted by molar-refractivity contribution is 5.17. The highest BCUT2D eigenvalue weighted by Gasteiger charge is 2.03. The van der Waals surface area contributed by atoms with Crippen molar-refractivity contribution in [3.63, 3.8) is 0 Å². The van der Waals surface area contributed by atoms with E-state index in [0.717, 1.165) is 12.2 Å². The molecule has 1 N–H and O–H groups in total. The predicted molar refractivity (Wildman–Crippen MR) is 66.6 cm³/mol. The summed E-state index contributed by atoms with van der Waals surface area (Å²) in [5.74, 6) is 0.562. The molecule has 0 aliphatic rings. The Bertz CT molecular complexity index is 343. The molecule has 1 heterocycles. The number of aromatic nitrogens is 2. The van der Waals surface area contributed by atoms with Crippen molar-refractivity contribution in [2.45, 2.75) is 33.7 Å². The molecular formula is C12H21N3O2. The summed E-state index contributed by atoms with van der Waals surface area (Å²) in [6.07, 6.45) is 0. The van der Waals surface area contributed by atoms with E-state index in [1.807, 2.05) is 13.8 Å². The molecule has 0 fully saturated rings. The summed E-state index contributed by atoms with van der Waals surface area (Å²) in [4.78, 5) is 8.35. The van der Waals surface area contributed by atoms with Gasteiger partial charge in [-0.15, -0.1) is 0 Å². The molecular weight excluding hydrogens is 218 g/mol. The maximum absolute atomic E-state index is 5.46. The molecule has 0 aliphatic heterocycles. The molecule has 0 unspecified atom stereocenters. The largest absolute Gasteiger partial charge is 0.478 e. The van der Waals surface area contributed by atoms with Crippen LogP contribution in [0.25, 0.3) is 0 Å². The fourth-order valence-corrected chi connectivity index (χ4v) is 1.29. The Balaban J connectivity index is 2.46. The van der Waals surface area contributed by atoms with E-state index in [1.165, 1.54) is 0 Å². The Morgan fingerprint density at radius 2 is 2.06 bits per heavy atom. The van der Waals surface area contributed by atoms with Gasteiger partial charge in [-0.2, -0.15) is 4.98 Å². The lowest BCUT2D eigenvalue weighted by Crippen LogP contribution is -2.27. The van der Waals surface area contributed by atoms with Gasteiger partial charge in [-0.25, -0.2) is 4.98 Å². The number of hydrogen-bond acceptors (Lipinski definition) is 5. The maximum atomic E-state index is 5.46. The highest BCUT2D eigenvalue weighted by Crippen LogP contribution is 2.13. The van der Waals surface area contributed by atoms with E-state index in [2.05, 4.69) is 29.1 Å². The molecule has 0 atom stereocenters. The molecule has 0 amide bonds. The van der Waals surface area contributed by atoms with Gasteiger partial charge in [-0.05, 0) is 13.8 Å². The molecule has 0 bridgehead atoms. The molecule has 1 aromatic heterocycles. The summed E-state index contributed by atoms with van der Waals surface area (Å²) < 4.78 is 10.8. The van der Waals surface area contributed by atoms with Crippen LogP contribution in [0.1, 0.15) is 26.5 Å². The number of hydrogen-bond donors (Lipinski definition) is 1. The molecule has 0 aromatic carbocycles. The van der Waals surface area contributed by atoms with Crippen LogP contribution in [-0.2, 0) is 0 Å². The second kappa shape index (κ2) is 7.06. The lowest BCUT2D eigenvalue weighted by molar-refractivity contribution is 0.271. The van der Waals surface area contributed by atoms with Gasteiger partial charge < -0.3 is 14.8 Å². The molecule has 5 nitrogen and oxygen atoms in total. The number of nitrogens with zero attached hydrogens (tertiary/aromatic N) is 2. The molecule has 0 saturated heterocycles.